The predicted molar refractivity (Wildman–Crippen MR) is 240 cm³/mol. The fourth-order valence-electron chi connectivity index (χ4n) is 12.1. The van der Waals surface area contributed by atoms with Crippen LogP contribution < -0.4 is 5.32 Å². The quantitative estimate of drug-likeness (QED) is 0.0997. The summed E-state index contributed by atoms with van der Waals surface area (Å²) in [5.41, 5.74) is -0.832. The number of aromatic hydroxyl groups is 1. The van der Waals surface area contributed by atoms with Gasteiger partial charge in [-0.05, 0) is 102 Å². The molecule has 2 heterocycles. The van der Waals surface area contributed by atoms with Gasteiger partial charge in [0, 0.05) is 47.1 Å². The van der Waals surface area contributed by atoms with Crippen molar-refractivity contribution in [3.63, 3.8) is 0 Å². The Morgan fingerprint density at radius 3 is 2.46 bits per heavy atom. The lowest BCUT2D eigenvalue weighted by molar-refractivity contribution is -0.222. The van der Waals surface area contributed by atoms with Crippen molar-refractivity contribution in [1.29, 1.82) is 0 Å². The van der Waals surface area contributed by atoms with Crippen LogP contribution in [0.1, 0.15) is 102 Å². The summed E-state index contributed by atoms with van der Waals surface area (Å²) in [6, 6.07) is 2.25. The SMILES string of the molecule is CCCC1C=CC2C=C(C)C(OC3CC(N(C)C)C(NC(=O)c4c(O)ccc(Cl)c4C)C(C)O3)CC=CC3C(CC)=CC4C(O)C(O)CC(C)C4C3(C)C(O)=C3C(=O)OC2(C1)C3=O. The number of hydrogen-bond donors (Lipinski definition) is 5. The molecule has 4 aliphatic carbocycles. The molecule has 2 aliphatic heterocycles. The number of ether oxygens (including phenoxy) is 3. The molecule has 12 nitrogen and oxygen atoms in total. The van der Waals surface area contributed by atoms with E-state index in [4.69, 9.17) is 25.8 Å². The smallest absolute Gasteiger partial charge is 0.346 e. The number of nitrogens with zero attached hydrogens (tertiary/aromatic N) is 1. The normalized spacial score (nSPS) is 39.2. The van der Waals surface area contributed by atoms with E-state index in [-0.39, 0.29) is 46.9 Å². The minimum atomic E-state index is -1.59. The summed E-state index contributed by atoms with van der Waals surface area (Å²) in [6.45, 7) is 13.5. The molecule has 7 rings (SSSR count). The van der Waals surface area contributed by atoms with Crippen molar-refractivity contribution in [2.45, 2.75) is 142 Å². The first-order valence-corrected chi connectivity index (χ1v) is 23.2. The Bertz CT molecular complexity index is 2130. The lowest BCUT2D eigenvalue weighted by atomic mass is 9.49. The summed E-state index contributed by atoms with van der Waals surface area (Å²) >= 11 is 6.34. The topological polar surface area (TPSA) is 175 Å². The van der Waals surface area contributed by atoms with E-state index in [1.807, 2.05) is 84.0 Å². The number of ketones is 1. The fraction of sp³-hybridized carbons (Fsp3) is 0.620. The van der Waals surface area contributed by atoms with Gasteiger partial charge in [0.25, 0.3) is 5.91 Å². The molecule has 6 aliphatic rings. The van der Waals surface area contributed by atoms with E-state index in [9.17, 15) is 30.0 Å². The minimum Gasteiger partial charge on any atom is -0.511 e. The molecule has 63 heavy (non-hydrogen) atoms. The van der Waals surface area contributed by atoms with Gasteiger partial charge in [0.2, 0.25) is 5.78 Å². The number of halogens is 1. The second-order valence-corrected chi connectivity index (χ2v) is 19.9. The first-order valence-electron chi connectivity index (χ1n) is 22.9. The molecule has 2 bridgehead atoms. The van der Waals surface area contributed by atoms with Gasteiger partial charge in [-0.3, -0.25) is 9.59 Å². The number of Topliss-reactive ketones (excluding diaryl/α,β-unsaturated/α-hetero) is 1. The maximum absolute atomic E-state index is 15.2. The minimum absolute atomic E-state index is 0.0325. The molecule has 3 fully saturated rings. The first kappa shape index (κ1) is 47.2. The van der Waals surface area contributed by atoms with E-state index >= 15 is 4.79 Å². The lowest BCUT2D eigenvalue weighted by Crippen LogP contribution is -2.60. The van der Waals surface area contributed by atoms with Crippen LogP contribution in [0.5, 0.6) is 5.75 Å². The van der Waals surface area contributed by atoms with E-state index in [0.717, 1.165) is 24.0 Å². The number of fused-ring (bicyclic) bond motifs is 4. The number of aliphatic hydroxyl groups excluding tert-OH is 3. The van der Waals surface area contributed by atoms with E-state index in [0.29, 0.717) is 36.3 Å². The zero-order valence-electron chi connectivity index (χ0n) is 38.1. The zero-order chi connectivity index (χ0) is 45.9. The Labute approximate surface area is 377 Å². The van der Waals surface area contributed by atoms with Crippen LogP contribution in [0.4, 0.5) is 0 Å². The maximum Gasteiger partial charge on any atom is 0.346 e. The van der Waals surface area contributed by atoms with Crippen molar-refractivity contribution in [3.05, 3.63) is 87.2 Å². The van der Waals surface area contributed by atoms with Gasteiger partial charge < -0.3 is 44.9 Å². The second-order valence-electron chi connectivity index (χ2n) is 19.5. The summed E-state index contributed by atoms with van der Waals surface area (Å²) in [7, 11) is 3.87. The van der Waals surface area contributed by atoms with Crippen LogP contribution in [0, 0.1) is 47.8 Å². The first-order chi connectivity index (χ1) is 29.8. The molecule has 13 heteroatoms. The molecule has 0 aromatic heterocycles. The van der Waals surface area contributed by atoms with Gasteiger partial charge in [0.15, 0.2) is 11.9 Å². The number of phenolic OH excluding ortho intramolecular Hbond substituents is 1. The highest BCUT2D eigenvalue weighted by Crippen LogP contribution is 2.60. The monoisotopic (exact) mass is 890 g/mol. The third-order valence-electron chi connectivity index (χ3n) is 15.4. The van der Waals surface area contributed by atoms with Crippen molar-refractivity contribution in [2.75, 3.05) is 14.1 Å². The zero-order valence-corrected chi connectivity index (χ0v) is 38.9. The lowest BCUT2D eigenvalue weighted by Gasteiger charge is -2.56. The largest absolute Gasteiger partial charge is 0.511 e. The number of phenols is 1. The second kappa shape index (κ2) is 18.2. The number of esters is 1. The standard InChI is InChI=1S/C50H67ClN2O10/c1-10-13-29-16-17-31-20-25(3)38(62-39-23-35(53(8)9)43(28(6)61-39)52-47(59)40-27(5)34(51)18-19-36(40)54)15-12-14-33-30(11-2)22-32-42(26(4)21-37(55)44(32)56)49(33,7)45(57)41-46(58)50(31,24-29)63-48(41)60/h12,14,16-20,22,26,28-29,31-33,35,37-39,42-44,54-57H,10-11,13,15,21,23-24H2,1-9H3,(H,52,59). The number of carbonyl (C=O) groups excluding carboxylic acids is 3. The Hall–Kier alpha value is -3.78. The van der Waals surface area contributed by atoms with Crippen LogP contribution in [0.3, 0.4) is 0 Å². The van der Waals surface area contributed by atoms with E-state index < -0.39 is 89.1 Å². The third-order valence-corrected chi connectivity index (χ3v) is 15.8. The number of aliphatic hydroxyl groups is 3. The highest BCUT2D eigenvalue weighted by Gasteiger charge is 2.63. The Morgan fingerprint density at radius 2 is 1.78 bits per heavy atom. The highest BCUT2D eigenvalue weighted by molar-refractivity contribution is 6.32. The fourth-order valence-corrected chi connectivity index (χ4v) is 12.3. The van der Waals surface area contributed by atoms with Gasteiger partial charge in [-0.2, -0.15) is 0 Å². The third kappa shape index (κ3) is 8.26. The number of amides is 1. The summed E-state index contributed by atoms with van der Waals surface area (Å²) in [6.07, 6.45) is 11.9. The Morgan fingerprint density at radius 1 is 1.05 bits per heavy atom. The van der Waals surface area contributed by atoms with Gasteiger partial charge in [0.05, 0.1) is 36.0 Å². The molecule has 1 saturated carbocycles. The average Bonchev–Trinajstić information content (AvgIpc) is 3.47. The van der Waals surface area contributed by atoms with Crippen molar-refractivity contribution < 1.29 is 49.0 Å². The number of benzene rings is 1. The summed E-state index contributed by atoms with van der Waals surface area (Å²) < 4.78 is 19.9. The molecule has 1 aromatic rings. The van der Waals surface area contributed by atoms with E-state index in [1.54, 1.807) is 13.0 Å². The molecule has 1 amide bonds. The molecular formula is C50H67ClN2O10. The van der Waals surface area contributed by atoms with Crippen molar-refractivity contribution >= 4 is 29.3 Å². The van der Waals surface area contributed by atoms with Crippen LogP contribution in [0.2, 0.25) is 5.02 Å². The Kier molecular flexibility index (Phi) is 13.7. The van der Waals surface area contributed by atoms with Gasteiger partial charge in [-0.1, -0.05) is 87.7 Å². The molecular weight excluding hydrogens is 824 g/mol. The predicted octanol–water partition coefficient (Wildman–Crippen LogP) is 7.44. The van der Waals surface area contributed by atoms with Crippen molar-refractivity contribution in [1.82, 2.24) is 10.2 Å². The van der Waals surface area contributed by atoms with Crippen LogP contribution in [0.25, 0.3) is 0 Å². The number of likely N-dealkylation sites (N-methyl/N-ethyl adjacent to an activating group) is 1. The van der Waals surface area contributed by atoms with Gasteiger partial charge in [-0.25, -0.2) is 4.79 Å². The van der Waals surface area contributed by atoms with Crippen LogP contribution >= 0.6 is 11.6 Å². The molecule has 1 aromatic carbocycles. The highest BCUT2D eigenvalue weighted by atomic mass is 35.5. The van der Waals surface area contributed by atoms with E-state index in [1.165, 1.54) is 6.07 Å². The van der Waals surface area contributed by atoms with Gasteiger partial charge in [-0.15, -0.1) is 0 Å². The number of nitrogens with one attached hydrogen (secondary N) is 1. The summed E-state index contributed by atoms with van der Waals surface area (Å²) in [4.78, 5) is 45.2. The summed E-state index contributed by atoms with van der Waals surface area (Å²) in [5.74, 6) is -4.65. The van der Waals surface area contributed by atoms with Crippen molar-refractivity contribution in [2.24, 2.45) is 40.9 Å². The molecule has 344 valence electrons. The van der Waals surface area contributed by atoms with Crippen LogP contribution in [-0.4, -0.2) is 105 Å². The Balaban J connectivity index is 1.29. The number of rotatable bonds is 8. The summed E-state index contributed by atoms with van der Waals surface area (Å²) in [5, 5.41) is 49.3. The number of hydrogen-bond acceptors (Lipinski definition) is 11. The molecule has 5 N–H and O–H groups in total. The number of allylic oxidation sites excluding steroid dienone is 4. The van der Waals surface area contributed by atoms with Crippen LogP contribution in [0.15, 0.2) is 71.1 Å². The molecule has 15 unspecified atom stereocenters. The molecule has 15 atom stereocenters. The van der Waals surface area contributed by atoms with Crippen LogP contribution in [-0.2, 0) is 23.8 Å². The molecule has 1 spiro atoms. The van der Waals surface area contributed by atoms with E-state index in [2.05, 4.69) is 18.3 Å². The molecule has 2 saturated heterocycles. The van der Waals surface area contributed by atoms with Crippen molar-refractivity contribution in [3.8, 4) is 5.75 Å². The van der Waals surface area contributed by atoms with Gasteiger partial charge >= 0.3 is 5.97 Å². The van der Waals surface area contributed by atoms with Gasteiger partial charge in [0.1, 0.15) is 17.1 Å². The number of carbonyl (C=O) groups is 3. The average molecular weight is 892 g/mol. The molecule has 0 radical (unpaired) electrons. The maximum atomic E-state index is 15.2.